The van der Waals surface area contributed by atoms with Gasteiger partial charge in [0.2, 0.25) is 0 Å². The molecule has 0 amide bonds. The van der Waals surface area contributed by atoms with E-state index >= 15 is 0 Å². The zero-order chi connectivity index (χ0) is 11.6. The molecule has 1 heterocycles. The summed E-state index contributed by atoms with van der Waals surface area (Å²) in [4.78, 5) is 0. The number of rotatable bonds is 6. The first-order valence-corrected chi connectivity index (χ1v) is 6.58. The average Bonchev–Trinajstić information content (AvgIpc) is 2.87. The molecule has 0 radical (unpaired) electrons. The fourth-order valence-corrected chi connectivity index (χ4v) is 2.38. The first-order valence-electron chi connectivity index (χ1n) is 5.10. The van der Waals surface area contributed by atoms with Crippen molar-refractivity contribution in [2.75, 3.05) is 12.3 Å². The molecule has 0 aliphatic heterocycles. The number of nitrogens with two attached hydrogens (primary N) is 1. The Morgan fingerprint density at radius 2 is 2.31 bits per heavy atom. The highest BCUT2D eigenvalue weighted by atomic mass is 32.2. The van der Waals surface area contributed by atoms with Gasteiger partial charge < -0.3 is 5.73 Å². The van der Waals surface area contributed by atoms with Gasteiger partial charge in [-0.2, -0.15) is 18.2 Å². The van der Waals surface area contributed by atoms with Gasteiger partial charge in [0, 0.05) is 18.8 Å². The van der Waals surface area contributed by atoms with Crippen molar-refractivity contribution in [3.63, 3.8) is 0 Å². The van der Waals surface area contributed by atoms with Crippen molar-refractivity contribution in [1.82, 2.24) is 19.2 Å². The lowest BCUT2D eigenvalue weighted by Crippen LogP contribution is -2.39. The maximum atomic E-state index is 11.4. The van der Waals surface area contributed by atoms with E-state index in [1.165, 1.54) is 6.20 Å². The van der Waals surface area contributed by atoms with Gasteiger partial charge in [-0.15, -0.1) is 0 Å². The number of hydrogen-bond acceptors (Lipinski definition) is 4. The lowest BCUT2D eigenvalue weighted by molar-refractivity contribution is 0.549. The third-order valence-corrected chi connectivity index (χ3v) is 3.41. The Morgan fingerprint density at radius 1 is 1.56 bits per heavy atom. The summed E-state index contributed by atoms with van der Waals surface area (Å²) >= 11 is 0. The van der Waals surface area contributed by atoms with Crippen LogP contribution in [0, 0.1) is 0 Å². The summed E-state index contributed by atoms with van der Waals surface area (Å²) in [5, 5.41) is 3.95. The van der Waals surface area contributed by atoms with E-state index in [0.717, 1.165) is 12.8 Å². The molecule has 1 aromatic heterocycles. The van der Waals surface area contributed by atoms with Crippen LogP contribution in [0.15, 0.2) is 12.4 Å². The minimum absolute atomic E-state index is 0.123. The van der Waals surface area contributed by atoms with Crippen molar-refractivity contribution in [1.29, 1.82) is 0 Å². The van der Waals surface area contributed by atoms with Crippen molar-refractivity contribution >= 4 is 15.9 Å². The monoisotopic (exact) mass is 245 g/mol. The van der Waals surface area contributed by atoms with Crippen LogP contribution < -0.4 is 15.2 Å². The van der Waals surface area contributed by atoms with Gasteiger partial charge in [0.05, 0.1) is 18.4 Å². The Kier molecular flexibility index (Phi) is 3.13. The molecule has 0 saturated heterocycles. The summed E-state index contributed by atoms with van der Waals surface area (Å²) in [6.07, 6.45) is 5.03. The second-order valence-corrected chi connectivity index (χ2v) is 5.36. The van der Waals surface area contributed by atoms with Crippen LogP contribution in [0.5, 0.6) is 0 Å². The van der Waals surface area contributed by atoms with Crippen LogP contribution in [0.25, 0.3) is 0 Å². The number of nitrogen functional groups attached to an aromatic ring is 1. The Hall–Kier alpha value is -1.12. The van der Waals surface area contributed by atoms with Crippen LogP contribution in [0.2, 0.25) is 0 Å². The molecule has 2 rings (SSSR count). The third-order valence-electron chi connectivity index (χ3n) is 2.19. The molecule has 4 N–H and O–H groups in total. The van der Waals surface area contributed by atoms with Crippen LogP contribution in [0.3, 0.4) is 0 Å². The standard InChI is InChI=1S/C8H15N5O2S/c9-7-5-10-13(6-7)4-3-11-16(14,15)12-8-1-2-8/h5-6,8,11-12H,1-4,9H2. The molecule has 1 aromatic rings. The van der Waals surface area contributed by atoms with E-state index in [-0.39, 0.29) is 6.04 Å². The number of anilines is 1. The smallest absolute Gasteiger partial charge is 0.277 e. The molecule has 1 saturated carbocycles. The Balaban J connectivity index is 1.74. The van der Waals surface area contributed by atoms with Crippen LogP contribution >= 0.6 is 0 Å². The topological polar surface area (TPSA) is 102 Å². The van der Waals surface area contributed by atoms with Gasteiger partial charge in [0.15, 0.2) is 0 Å². The van der Waals surface area contributed by atoms with E-state index in [0.29, 0.717) is 18.8 Å². The van der Waals surface area contributed by atoms with Gasteiger partial charge >= 0.3 is 0 Å². The van der Waals surface area contributed by atoms with E-state index in [1.54, 1.807) is 10.9 Å². The van der Waals surface area contributed by atoms with Gasteiger partial charge in [-0.05, 0) is 12.8 Å². The van der Waals surface area contributed by atoms with Crippen molar-refractivity contribution in [3.8, 4) is 0 Å². The summed E-state index contributed by atoms with van der Waals surface area (Å²) in [6.45, 7) is 0.756. The molecule has 0 bridgehead atoms. The number of aromatic nitrogens is 2. The quantitative estimate of drug-likeness (QED) is 0.601. The minimum Gasteiger partial charge on any atom is -0.396 e. The van der Waals surface area contributed by atoms with E-state index in [1.807, 2.05) is 0 Å². The second-order valence-electron chi connectivity index (χ2n) is 3.83. The van der Waals surface area contributed by atoms with Crippen molar-refractivity contribution < 1.29 is 8.42 Å². The molecule has 0 spiro atoms. The molecule has 1 fully saturated rings. The number of hydrogen-bond donors (Lipinski definition) is 3. The van der Waals surface area contributed by atoms with Gasteiger partial charge in [0.25, 0.3) is 10.2 Å². The van der Waals surface area contributed by atoms with E-state index < -0.39 is 10.2 Å². The highest BCUT2D eigenvalue weighted by molar-refractivity contribution is 7.87. The molecule has 7 nitrogen and oxygen atoms in total. The Morgan fingerprint density at radius 3 is 2.88 bits per heavy atom. The largest absolute Gasteiger partial charge is 0.396 e. The maximum absolute atomic E-state index is 11.4. The van der Waals surface area contributed by atoms with Crippen LogP contribution in [-0.4, -0.2) is 30.8 Å². The fraction of sp³-hybridized carbons (Fsp3) is 0.625. The Labute approximate surface area is 94.2 Å². The third kappa shape index (κ3) is 3.47. The van der Waals surface area contributed by atoms with Gasteiger partial charge in [-0.3, -0.25) is 4.68 Å². The van der Waals surface area contributed by atoms with Gasteiger partial charge in [-0.1, -0.05) is 0 Å². The average molecular weight is 245 g/mol. The highest BCUT2D eigenvalue weighted by Gasteiger charge is 2.26. The van der Waals surface area contributed by atoms with E-state index in [2.05, 4.69) is 14.5 Å². The summed E-state index contributed by atoms with van der Waals surface area (Å²) in [6, 6.07) is 0.123. The first-order chi connectivity index (χ1) is 7.55. The Bertz CT molecular complexity index is 451. The van der Waals surface area contributed by atoms with E-state index in [9.17, 15) is 8.42 Å². The second kappa shape index (κ2) is 4.40. The lowest BCUT2D eigenvalue weighted by Gasteiger charge is -2.06. The first kappa shape index (κ1) is 11.4. The SMILES string of the molecule is Nc1cnn(CCNS(=O)(=O)NC2CC2)c1. The summed E-state index contributed by atoms with van der Waals surface area (Å²) in [5.74, 6) is 0. The normalized spacial score (nSPS) is 16.5. The molecule has 8 heteroatoms. The molecule has 1 aliphatic rings. The summed E-state index contributed by atoms with van der Waals surface area (Å²) in [5.41, 5.74) is 6.04. The molecule has 90 valence electrons. The van der Waals surface area contributed by atoms with E-state index in [4.69, 9.17) is 5.73 Å². The molecule has 16 heavy (non-hydrogen) atoms. The molecule has 0 unspecified atom stereocenters. The van der Waals surface area contributed by atoms with Gasteiger partial charge in [-0.25, -0.2) is 4.72 Å². The van der Waals surface area contributed by atoms with Crippen LogP contribution in [0.1, 0.15) is 12.8 Å². The van der Waals surface area contributed by atoms with Crippen LogP contribution in [-0.2, 0) is 16.8 Å². The van der Waals surface area contributed by atoms with Crippen molar-refractivity contribution in [2.45, 2.75) is 25.4 Å². The highest BCUT2D eigenvalue weighted by Crippen LogP contribution is 2.19. The van der Waals surface area contributed by atoms with Crippen LogP contribution in [0.4, 0.5) is 5.69 Å². The molecule has 0 aromatic carbocycles. The fourth-order valence-electron chi connectivity index (χ4n) is 1.26. The number of nitrogens with one attached hydrogen (secondary N) is 2. The zero-order valence-corrected chi connectivity index (χ0v) is 9.57. The van der Waals surface area contributed by atoms with Crippen molar-refractivity contribution in [3.05, 3.63) is 12.4 Å². The number of nitrogens with zero attached hydrogens (tertiary/aromatic N) is 2. The molecular formula is C8H15N5O2S. The molecule has 0 atom stereocenters. The zero-order valence-electron chi connectivity index (χ0n) is 8.76. The molecular weight excluding hydrogens is 230 g/mol. The van der Waals surface area contributed by atoms with Crippen molar-refractivity contribution in [2.24, 2.45) is 0 Å². The predicted molar refractivity (Wildman–Crippen MR) is 59.7 cm³/mol. The van der Waals surface area contributed by atoms with Gasteiger partial charge in [0.1, 0.15) is 0 Å². The summed E-state index contributed by atoms with van der Waals surface area (Å²) in [7, 11) is -3.35. The summed E-state index contributed by atoms with van der Waals surface area (Å²) < 4.78 is 29.4. The minimum atomic E-state index is -3.35. The maximum Gasteiger partial charge on any atom is 0.277 e. The lowest BCUT2D eigenvalue weighted by atomic mass is 10.6. The molecule has 1 aliphatic carbocycles. The predicted octanol–water partition coefficient (Wildman–Crippen LogP) is -0.948.